The Kier molecular flexibility index (Phi) is 8.05. The van der Waals surface area contributed by atoms with Crippen LogP contribution in [0.15, 0.2) is 72.8 Å². The van der Waals surface area contributed by atoms with Gasteiger partial charge in [0.1, 0.15) is 52.5 Å². The van der Waals surface area contributed by atoms with E-state index < -0.39 is 12.2 Å². The molecule has 0 saturated heterocycles. The first-order valence-corrected chi connectivity index (χ1v) is 15.4. The molecule has 4 aromatic rings. The van der Waals surface area contributed by atoms with Gasteiger partial charge in [-0.15, -0.1) is 0 Å². The number of phenolic OH excluding ortho intramolecular Hbond substituents is 2. The lowest BCUT2D eigenvalue weighted by atomic mass is 9.71. The Morgan fingerprint density at radius 3 is 1.88 bits per heavy atom. The lowest BCUT2D eigenvalue weighted by molar-refractivity contribution is -0.0118. The number of aromatic hydroxyl groups is 2. The molecule has 0 bridgehead atoms. The molecule has 2 aliphatic rings. The van der Waals surface area contributed by atoms with Gasteiger partial charge in [-0.3, -0.25) is 0 Å². The van der Waals surface area contributed by atoms with Gasteiger partial charge >= 0.3 is 0 Å². The molecule has 4 aromatic carbocycles. The van der Waals surface area contributed by atoms with E-state index >= 15 is 0 Å². The quantitative estimate of drug-likeness (QED) is 0.192. The van der Waals surface area contributed by atoms with E-state index in [1.807, 2.05) is 54.6 Å². The summed E-state index contributed by atoms with van der Waals surface area (Å²) in [5.74, 6) is 2.43. The fourth-order valence-corrected chi connectivity index (χ4v) is 7.00. The minimum Gasteiger partial charge on any atom is -0.507 e. The number of benzene rings is 4. The van der Waals surface area contributed by atoms with Crippen LogP contribution < -0.4 is 23.7 Å². The molecule has 42 heavy (non-hydrogen) atoms. The molecule has 2 heterocycles. The largest absolute Gasteiger partial charge is 0.507 e. The lowest BCUT2D eigenvalue weighted by Crippen LogP contribution is -2.40. The highest BCUT2D eigenvalue weighted by molar-refractivity contribution is 14.1. The van der Waals surface area contributed by atoms with Gasteiger partial charge in [0.25, 0.3) is 0 Å². The molecule has 0 aromatic heterocycles. The van der Waals surface area contributed by atoms with E-state index in [1.165, 1.54) is 0 Å². The second kappa shape index (κ2) is 11.8. The topological polar surface area (TPSA) is 86.6 Å². The first-order valence-electron chi connectivity index (χ1n) is 13.3. The van der Waals surface area contributed by atoms with Gasteiger partial charge in [-0.05, 0) is 68.4 Å². The van der Waals surface area contributed by atoms with E-state index in [4.69, 9.17) is 23.7 Å². The summed E-state index contributed by atoms with van der Waals surface area (Å²) < 4.78 is 31.8. The van der Waals surface area contributed by atoms with Crippen molar-refractivity contribution in [3.05, 3.63) is 102 Å². The van der Waals surface area contributed by atoms with Crippen molar-refractivity contribution in [3.8, 4) is 40.2 Å². The number of halogens is 2. The van der Waals surface area contributed by atoms with Crippen molar-refractivity contribution in [2.75, 3.05) is 21.3 Å². The molecule has 0 aliphatic carbocycles. The molecule has 2 N–H and O–H groups in total. The summed E-state index contributed by atoms with van der Waals surface area (Å²) >= 11 is 4.22. The van der Waals surface area contributed by atoms with Gasteiger partial charge in [0.2, 0.25) is 0 Å². The molecular weight excluding hydrogens is 762 g/mol. The smallest absolute Gasteiger partial charge is 0.148 e. The third kappa shape index (κ3) is 4.89. The molecule has 216 valence electrons. The van der Waals surface area contributed by atoms with Crippen molar-refractivity contribution in [1.29, 1.82) is 0 Å². The second-order valence-electron chi connectivity index (χ2n) is 10.0. The summed E-state index contributed by atoms with van der Waals surface area (Å²) in [7, 11) is 4.80. The van der Waals surface area contributed by atoms with Gasteiger partial charge in [-0.2, -0.15) is 0 Å². The van der Waals surface area contributed by atoms with E-state index in [0.717, 1.165) is 22.4 Å². The average molecular weight is 790 g/mol. The maximum Gasteiger partial charge on any atom is 0.148 e. The van der Waals surface area contributed by atoms with Crippen LogP contribution >= 0.6 is 45.2 Å². The van der Waals surface area contributed by atoms with Gasteiger partial charge in [-0.1, -0.05) is 54.6 Å². The van der Waals surface area contributed by atoms with Crippen molar-refractivity contribution < 1.29 is 33.9 Å². The standard InChI is InChI=1S/C33H28I2O7/c1-38-19-12-9-17(10-13-19)11-14-20-25-23(39-2)15-21(36)28(34)32(25)42-31-26(20)30(18-7-5-4-6-8-18)41-33-27(31)24(40-3)16-22(37)29(33)35/h4-16,20,26,30-31,36-37H,1-3H3/b14-11+/t20-,26-,30-,31-/m1/s1. The number of allylic oxidation sites excluding steroid dienone is 1. The predicted molar refractivity (Wildman–Crippen MR) is 176 cm³/mol. The van der Waals surface area contributed by atoms with Crippen LogP contribution in [-0.2, 0) is 0 Å². The van der Waals surface area contributed by atoms with E-state index in [0.29, 0.717) is 35.7 Å². The summed E-state index contributed by atoms with van der Waals surface area (Å²) in [5, 5.41) is 21.6. The molecule has 9 heteroatoms. The van der Waals surface area contributed by atoms with E-state index in [2.05, 4.69) is 57.3 Å². The van der Waals surface area contributed by atoms with Crippen LogP contribution in [0.5, 0.6) is 40.2 Å². The Balaban J connectivity index is 1.62. The number of hydrogen-bond acceptors (Lipinski definition) is 7. The zero-order chi connectivity index (χ0) is 29.5. The fraction of sp³-hybridized carbons (Fsp3) is 0.212. The van der Waals surface area contributed by atoms with Gasteiger partial charge in [0.15, 0.2) is 0 Å². The second-order valence-corrected chi connectivity index (χ2v) is 12.2. The molecule has 0 spiro atoms. The molecule has 0 radical (unpaired) electrons. The Bertz CT molecular complexity index is 1650. The first-order chi connectivity index (χ1) is 20.4. The van der Waals surface area contributed by atoms with Crippen LogP contribution in [0.1, 0.15) is 40.4 Å². The number of phenols is 2. The molecule has 0 amide bonds. The van der Waals surface area contributed by atoms with Gasteiger partial charge < -0.3 is 33.9 Å². The maximum atomic E-state index is 10.9. The third-order valence-electron chi connectivity index (χ3n) is 7.81. The van der Waals surface area contributed by atoms with Gasteiger partial charge in [0, 0.05) is 23.6 Å². The van der Waals surface area contributed by atoms with Crippen LogP contribution in [-0.4, -0.2) is 31.5 Å². The van der Waals surface area contributed by atoms with Crippen molar-refractivity contribution in [2.45, 2.75) is 18.1 Å². The van der Waals surface area contributed by atoms with Gasteiger partial charge in [-0.25, -0.2) is 0 Å². The highest BCUT2D eigenvalue weighted by Gasteiger charge is 2.52. The highest BCUT2D eigenvalue weighted by Crippen LogP contribution is 2.63. The minimum atomic E-state index is -0.541. The number of ether oxygens (including phenoxy) is 5. The van der Waals surface area contributed by atoms with Crippen LogP contribution in [0.25, 0.3) is 6.08 Å². The van der Waals surface area contributed by atoms with Crippen LogP contribution in [0.2, 0.25) is 0 Å². The summed E-state index contributed by atoms with van der Waals surface area (Å²) in [5.41, 5.74) is 3.51. The molecule has 2 aliphatic heterocycles. The highest BCUT2D eigenvalue weighted by atomic mass is 127. The molecule has 7 nitrogen and oxygen atoms in total. The SMILES string of the molecule is COc1ccc(/C=C/[C@@H]2c3c(OC)cc(O)c(I)c3O[C@H]3c4c(OC)cc(O)c(I)c4O[C@H](c4ccccc4)[C@@H]23)cc1. The van der Waals surface area contributed by atoms with Gasteiger partial charge in [0.05, 0.1) is 40.0 Å². The van der Waals surface area contributed by atoms with E-state index in [-0.39, 0.29) is 23.3 Å². The number of fused-ring (bicyclic) bond motifs is 4. The monoisotopic (exact) mass is 790 g/mol. The predicted octanol–water partition coefficient (Wildman–Crippen LogP) is 8.01. The molecule has 0 saturated carbocycles. The molecular formula is C33H28I2O7. The van der Waals surface area contributed by atoms with Crippen molar-refractivity contribution in [1.82, 2.24) is 0 Å². The van der Waals surface area contributed by atoms with Crippen LogP contribution in [0, 0.1) is 13.1 Å². The summed E-state index contributed by atoms with van der Waals surface area (Å²) in [6.45, 7) is 0. The zero-order valence-electron chi connectivity index (χ0n) is 23.0. The number of methoxy groups -OCH3 is 3. The number of hydrogen-bond donors (Lipinski definition) is 2. The minimum absolute atomic E-state index is 0.0671. The molecule has 6 rings (SSSR count). The summed E-state index contributed by atoms with van der Waals surface area (Å²) in [6.07, 6.45) is 3.24. The molecule has 0 unspecified atom stereocenters. The molecule has 4 atom stereocenters. The van der Waals surface area contributed by atoms with Crippen LogP contribution in [0.4, 0.5) is 0 Å². The van der Waals surface area contributed by atoms with E-state index in [1.54, 1.807) is 33.5 Å². The summed E-state index contributed by atoms with van der Waals surface area (Å²) in [6, 6.07) is 21.1. The third-order valence-corrected chi connectivity index (χ3v) is 9.89. The van der Waals surface area contributed by atoms with Crippen molar-refractivity contribution >= 4 is 51.3 Å². The lowest BCUT2D eigenvalue weighted by Gasteiger charge is -2.47. The number of rotatable bonds is 6. The fourth-order valence-electron chi connectivity index (χ4n) is 5.85. The molecule has 0 fully saturated rings. The van der Waals surface area contributed by atoms with E-state index in [9.17, 15) is 10.2 Å². The summed E-state index contributed by atoms with van der Waals surface area (Å²) in [4.78, 5) is 0. The Morgan fingerprint density at radius 1 is 0.714 bits per heavy atom. The maximum absolute atomic E-state index is 10.9. The normalized spacial score (nSPS) is 20.5. The van der Waals surface area contributed by atoms with Crippen LogP contribution in [0.3, 0.4) is 0 Å². The van der Waals surface area contributed by atoms with Crippen molar-refractivity contribution in [3.63, 3.8) is 0 Å². The first kappa shape index (κ1) is 28.8. The Labute approximate surface area is 271 Å². The average Bonchev–Trinajstić information content (AvgIpc) is 3.02. The Morgan fingerprint density at radius 2 is 1.29 bits per heavy atom. The van der Waals surface area contributed by atoms with Crippen molar-refractivity contribution in [2.24, 2.45) is 5.92 Å². The Hall–Kier alpha value is -3.32. The zero-order valence-corrected chi connectivity index (χ0v) is 27.3.